The Kier molecular flexibility index (Phi) is 2.78. The van der Waals surface area contributed by atoms with E-state index < -0.39 is 0 Å². The van der Waals surface area contributed by atoms with Crippen LogP contribution < -0.4 is 10.1 Å². The lowest BCUT2D eigenvalue weighted by atomic mass is 9.99. The molecule has 4 rings (SSSR count). The molecule has 0 bridgehead atoms. The lowest BCUT2D eigenvalue weighted by molar-refractivity contribution is 0.305. The van der Waals surface area contributed by atoms with Crippen LogP contribution in [0, 0.1) is 0 Å². The number of nitrogens with zero attached hydrogens (tertiary/aromatic N) is 1. The van der Waals surface area contributed by atoms with Gasteiger partial charge >= 0.3 is 0 Å². The molecule has 0 unspecified atom stereocenters. The lowest BCUT2D eigenvalue weighted by Crippen LogP contribution is -2.26. The van der Waals surface area contributed by atoms with Gasteiger partial charge in [-0.05, 0) is 38.1 Å². The Morgan fingerprint density at radius 1 is 1.21 bits per heavy atom. The first kappa shape index (κ1) is 11.4. The lowest BCUT2D eigenvalue weighted by Gasteiger charge is -2.20. The van der Waals surface area contributed by atoms with Crippen molar-refractivity contribution in [3.8, 4) is 17.0 Å². The SMILES string of the molecule is c1ccc2c(c1)OCc1sc(C3CCNCC3)nc1-2. The summed E-state index contributed by atoms with van der Waals surface area (Å²) in [7, 11) is 0. The van der Waals surface area contributed by atoms with Crippen molar-refractivity contribution in [1.82, 2.24) is 10.3 Å². The largest absolute Gasteiger partial charge is 0.487 e. The third-order valence-electron chi connectivity index (χ3n) is 3.90. The van der Waals surface area contributed by atoms with Crippen molar-refractivity contribution >= 4 is 11.3 Å². The minimum atomic E-state index is 0.629. The van der Waals surface area contributed by atoms with Gasteiger partial charge in [0.1, 0.15) is 12.4 Å². The van der Waals surface area contributed by atoms with E-state index in [1.807, 2.05) is 23.5 Å². The number of thiazole rings is 1. The standard InChI is InChI=1S/C15H16N2OS/c1-2-4-12-11(3-1)14-13(9-18-12)19-15(17-14)10-5-7-16-8-6-10/h1-4,10,16H,5-9H2. The molecule has 4 heteroatoms. The minimum Gasteiger partial charge on any atom is -0.487 e. The van der Waals surface area contributed by atoms with E-state index in [4.69, 9.17) is 9.72 Å². The Morgan fingerprint density at radius 3 is 2.95 bits per heavy atom. The Hall–Kier alpha value is -1.39. The Balaban J connectivity index is 1.74. The smallest absolute Gasteiger partial charge is 0.129 e. The van der Waals surface area contributed by atoms with Gasteiger partial charge in [-0.25, -0.2) is 4.98 Å². The van der Waals surface area contributed by atoms with Crippen LogP contribution in [0.2, 0.25) is 0 Å². The highest BCUT2D eigenvalue weighted by atomic mass is 32.1. The zero-order chi connectivity index (χ0) is 12.7. The van der Waals surface area contributed by atoms with Gasteiger partial charge in [-0.2, -0.15) is 0 Å². The van der Waals surface area contributed by atoms with Crippen molar-refractivity contribution in [3.05, 3.63) is 34.2 Å². The van der Waals surface area contributed by atoms with E-state index in [9.17, 15) is 0 Å². The van der Waals surface area contributed by atoms with Gasteiger partial charge in [0.2, 0.25) is 0 Å². The number of hydrogen-bond donors (Lipinski definition) is 1. The second-order valence-electron chi connectivity index (χ2n) is 5.13. The fourth-order valence-corrected chi connectivity index (χ4v) is 4.01. The molecule has 2 aliphatic heterocycles. The molecule has 1 fully saturated rings. The van der Waals surface area contributed by atoms with E-state index in [2.05, 4.69) is 17.4 Å². The summed E-state index contributed by atoms with van der Waals surface area (Å²) in [5.41, 5.74) is 2.31. The van der Waals surface area contributed by atoms with Crippen molar-refractivity contribution in [2.24, 2.45) is 0 Å². The van der Waals surface area contributed by atoms with Gasteiger partial charge in [-0.1, -0.05) is 12.1 Å². The van der Waals surface area contributed by atoms with E-state index in [-0.39, 0.29) is 0 Å². The molecule has 3 heterocycles. The number of piperidine rings is 1. The molecule has 98 valence electrons. The highest BCUT2D eigenvalue weighted by molar-refractivity contribution is 7.12. The van der Waals surface area contributed by atoms with Crippen LogP contribution in [-0.4, -0.2) is 18.1 Å². The minimum absolute atomic E-state index is 0.629. The normalized spacial score (nSPS) is 18.5. The molecule has 1 saturated heterocycles. The molecule has 0 radical (unpaired) electrons. The van der Waals surface area contributed by atoms with Gasteiger partial charge in [0.15, 0.2) is 0 Å². The quantitative estimate of drug-likeness (QED) is 0.866. The second kappa shape index (κ2) is 4.62. The van der Waals surface area contributed by atoms with E-state index in [0.29, 0.717) is 12.5 Å². The number of fused-ring (bicyclic) bond motifs is 3. The number of benzene rings is 1. The fourth-order valence-electron chi connectivity index (χ4n) is 2.85. The monoisotopic (exact) mass is 272 g/mol. The van der Waals surface area contributed by atoms with Gasteiger partial charge in [-0.15, -0.1) is 11.3 Å². The van der Waals surface area contributed by atoms with Crippen LogP contribution in [0.1, 0.15) is 28.6 Å². The Morgan fingerprint density at radius 2 is 2.05 bits per heavy atom. The van der Waals surface area contributed by atoms with Gasteiger partial charge in [-0.3, -0.25) is 0 Å². The molecule has 1 N–H and O–H groups in total. The predicted octanol–water partition coefficient (Wildman–Crippen LogP) is 3.17. The summed E-state index contributed by atoms with van der Waals surface area (Å²) in [6.07, 6.45) is 2.41. The molecule has 0 amide bonds. The average molecular weight is 272 g/mol. The highest BCUT2D eigenvalue weighted by Crippen LogP contribution is 2.41. The zero-order valence-electron chi connectivity index (χ0n) is 10.7. The van der Waals surface area contributed by atoms with Crippen LogP contribution in [0.3, 0.4) is 0 Å². The number of hydrogen-bond acceptors (Lipinski definition) is 4. The van der Waals surface area contributed by atoms with Crippen molar-refractivity contribution in [3.63, 3.8) is 0 Å². The van der Waals surface area contributed by atoms with Crippen molar-refractivity contribution < 1.29 is 4.74 Å². The summed E-state index contributed by atoms with van der Waals surface area (Å²) in [6.45, 7) is 2.90. The molecule has 2 aromatic rings. The molecule has 1 aromatic carbocycles. The van der Waals surface area contributed by atoms with Crippen molar-refractivity contribution in [2.75, 3.05) is 13.1 Å². The number of para-hydroxylation sites is 1. The Labute approximate surface area is 116 Å². The predicted molar refractivity (Wildman–Crippen MR) is 76.7 cm³/mol. The van der Waals surface area contributed by atoms with Crippen LogP contribution in [0.15, 0.2) is 24.3 Å². The Bertz CT molecular complexity index is 602. The molecule has 0 spiro atoms. The van der Waals surface area contributed by atoms with Crippen LogP contribution >= 0.6 is 11.3 Å². The van der Waals surface area contributed by atoms with Gasteiger partial charge in [0.25, 0.3) is 0 Å². The van der Waals surface area contributed by atoms with Crippen LogP contribution in [0.25, 0.3) is 11.3 Å². The van der Waals surface area contributed by atoms with Crippen LogP contribution in [0.5, 0.6) is 5.75 Å². The second-order valence-corrected chi connectivity index (χ2v) is 6.25. The summed E-state index contributed by atoms with van der Waals surface area (Å²) < 4.78 is 5.81. The number of nitrogens with one attached hydrogen (secondary N) is 1. The van der Waals surface area contributed by atoms with Gasteiger partial charge in [0.05, 0.1) is 15.6 Å². The van der Waals surface area contributed by atoms with Gasteiger partial charge in [0, 0.05) is 11.5 Å². The van der Waals surface area contributed by atoms with Crippen molar-refractivity contribution in [1.29, 1.82) is 0 Å². The molecule has 3 nitrogen and oxygen atoms in total. The first-order valence-corrected chi connectivity index (χ1v) is 7.66. The van der Waals surface area contributed by atoms with Crippen LogP contribution in [0.4, 0.5) is 0 Å². The van der Waals surface area contributed by atoms with E-state index in [1.165, 1.54) is 22.7 Å². The zero-order valence-corrected chi connectivity index (χ0v) is 11.5. The maximum absolute atomic E-state index is 5.81. The third-order valence-corrected chi connectivity index (χ3v) is 5.09. The van der Waals surface area contributed by atoms with Crippen LogP contribution in [-0.2, 0) is 6.61 Å². The molecule has 0 aliphatic carbocycles. The molecule has 19 heavy (non-hydrogen) atoms. The third kappa shape index (κ3) is 1.95. The summed E-state index contributed by atoms with van der Waals surface area (Å²) in [6, 6.07) is 8.21. The molecule has 2 aliphatic rings. The molecular formula is C15H16N2OS. The van der Waals surface area contributed by atoms with E-state index in [1.54, 1.807) is 0 Å². The average Bonchev–Trinajstić information content (AvgIpc) is 2.93. The van der Waals surface area contributed by atoms with E-state index >= 15 is 0 Å². The van der Waals surface area contributed by atoms with Gasteiger partial charge < -0.3 is 10.1 Å². The number of aromatic nitrogens is 1. The molecular weight excluding hydrogens is 256 g/mol. The molecule has 0 saturated carbocycles. The first-order valence-electron chi connectivity index (χ1n) is 6.84. The topological polar surface area (TPSA) is 34.1 Å². The van der Waals surface area contributed by atoms with Crippen molar-refractivity contribution in [2.45, 2.75) is 25.4 Å². The maximum Gasteiger partial charge on any atom is 0.129 e. The fraction of sp³-hybridized carbons (Fsp3) is 0.400. The summed E-state index contributed by atoms with van der Waals surface area (Å²) >= 11 is 1.84. The summed E-state index contributed by atoms with van der Waals surface area (Å²) in [4.78, 5) is 6.21. The summed E-state index contributed by atoms with van der Waals surface area (Å²) in [5.74, 6) is 1.60. The first-order chi connectivity index (χ1) is 9.42. The highest BCUT2D eigenvalue weighted by Gasteiger charge is 2.25. The van der Waals surface area contributed by atoms with E-state index in [0.717, 1.165) is 30.1 Å². The number of ether oxygens (including phenoxy) is 1. The maximum atomic E-state index is 5.81. The summed E-state index contributed by atoms with van der Waals surface area (Å²) in [5, 5.41) is 4.71. The number of rotatable bonds is 1. The molecule has 0 atom stereocenters. The molecule has 1 aromatic heterocycles.